The van der Waals surface area contributed by atoms with Gasteiger partial charge in [-0.1, -0.05) is 95.2 Å². The van der Waals surface area contributed by atoms with Crippen LogP contribution in [0.1, 0.15) is 94.5 Å². The molecule has 0 saturated heterocycles. The van der Waals surface area contributed by atoms with Gasteiger partial charge in [-0.25, -0.2) is 0 Å². The number of hydrogen-bond acceptors (Lipinski definition) is 10. The van der Waals surface area contributed by atoms with Gasteiger partial charge in [0.05, 0.1) is 0 Å². The zero-order valence-corrected chi connectivity index (χ0v) is 30.7. The summed E-state index contributed by atoms with van der Waals surface area (Å²) in [5.41, 5.74) is -0.634. The summed E-state index contributed by atoms with van der Waals surface area (Å²) >= 11 is 0. The molecule has 0 N–H and O–H groups in total. The van der Waals surface area contributed by atoms with Crippen LogP contribution < -0.4 is 20.4 Å². The quantitative estimate of drug-likeness (QED) is 0.367. The molecule has 0 saturated carbocycles. The third-order valence-electron chi connectivity index (χ3n) is 4.08. The standard InChI is InChI=1S/2C6H7N.4C5H10O2.2Fe/c2*1-6-4-2-3-5-7-6;4*1-5(2,3)4(6)7;;/h2*2-5H,1H3;4*1-3H3,(H,6,7);;/q;;;;;;2*+2/p-4. The molecule has 10 nitrogen and oxygen atoms in total. The molecular formula is C32H50Fe2N2O8. The van der Waals surface area contributed by atoms with E-state index in [9.17, 15) is 39.6 Å². The number of aryl methyl sites for hydroxylation is 2. The summed E-state index contributed by atoms with van der Waals surface area (Å²) in [6.07, 6.45) is 3.57. The molecule has 2 aromatic rings. The number of pyridine rings is 2. The average molecular weight is 702 g/mol. The Morgan fingerprint density at radius 2 is 0.614 bits per heavy atom. The second kappa shape index (κ2) is 25.5. The molecule has 0 aliphatic carbocycles. The maximum Gasteiger partial charge on any atom is 2.00 e. The third-order valence-corrected chi connectivity index (χ3v) is 4.08. The number of aromatic nitrogens is 2. The summed E-state index contributed by atoms with van der Waals surface area (Å²) in [5, 5.41) is 39.6. The Balaban J connectivity index is -0.0000000976. The molecule has 2 rings (SSSR count). The second-order valence-corrected chi connectivity index (χ2v) is 13.1. The Morgan fingerprint density at radius 3 is 0.659 bits per heavy atom. The van der Waals surface area contributed by atoms with Crippen LogP contribution in [0.25, 0.3) is 0 Å². The van der Waals surface area contributed by atoms with Crippen molar-refractivity contribution in [3.63, 3.8) is 0 Å². The molecule has 0 amide bonds. The van der Waals surface area contributed by atoms with E-state index >= 15 is 0 Å². The summed E-state index contributed by atoms with van der Waals surface area (Å²) in [4.78, 5) is 47.6. The second-order valence-electron chi connectivity index (χ2n) is 13.1. The third kappa shape index (κ3) is 41.4. The molecule has 0 unspecified atom stereocenters. The van der Waals surface area contributed by atoms with E-state index in [2.05, 4.69) is 9.97 Å². The predicted molar refractivity (Wildman–Crippen MR) is 156 cm³/mol. The number of carbonyl (C=O) groups is 4. The Morgan fingerprint density at radius 1 is 0.455 bits per heavy atom. The van der Waals surface area contributed by atoms with Gasteiger partial charge in [0.15, 0.2) is 0 Å². The van der Waals surface area contributed by atoms with Crippen LogP contribution in [0.2, 0.25) is 0 Å². The van der Waals surface area contributed by atoms with E-state index in [1.54, 1.807) is 95.5 Å². The van der Waals surface area contributed by atoms with E-state index in [-0.39, 0.29) is 34.1 Å². The van der Waals surface area contributed by atoms with Gasteiger partial charge in [0, 0.05) is 69.3 Å². The number of nitrogens with zero attached hydrogens (tertiary/aromatic N) is 2. The van der Waals surface area contributed by atoms with Crippen molar-refractivity contribution < 1.29 is 73.7 Å². The molecule has 2 aromatic heterocycles. The summed E-state index contributed by atoms with van der Waals surface area (Å²) in [5.74, 6) is -4.03. The number of rotatable bonds is 0. The fourth-order valence-electron chi connectivity index (χ4n) is 0.896. The van der Waals surface area contributed by atoms with Gasteiger partial charge in [0.25, 0.3) is 0 Å². The first kappa shape index (κ1) is 53.8. The topological polar surface area (TPSA) is 186 Å². The SMILES string of the molecule is CC(C)(C)C(=O)[O-].CC(C)(C)C(=O)[O-].CC(C)(C)C(=O)[O-].CC(C)(C)C(=O)[O-].Cc1ccccn1.Cc1ccccn1.[Fe+2].[Fe+2]. The van der Waals surface area contributed by atoms with E-state index < -0.39 is 45.5 Å². The zero-order valence-electron chi connectivity index (χ0n) is 28.5. The van der Waals surface area contributed by atoms with Crippen molar-refractivity contribution in [1.29, 1.82) is 0 Å². The van der Waals surface area contributed by atoms with Crippen LogP contribution in [0.3, 0.4) is 0 Å². The maximum atomic E-state index is 9.91. The first-order valence-electron chi connectivity index (χ1n) is 13.2. The molecule has 0 atom stereocenters. The van der Waals surface area contributed by atoms with Crippen molar-refractivity contribution in [1.82, 2.24) is 9.97 Å². The molecule has 12 heteroatoms. The zero-order chi connectivity index (χ0) is 34.5. The molecule has 0 fully saturated rings. The molecule has 0 spiro atoms. The number of carbonyl (C=O) groups excluding carboxylic acids is 4. The fraction of sp³-hybridized carbons (Fsp3) is 0.562. The first-order chi connectivity index (χ1) is 18.6. The van der Waals surface area contributed by atoms with E-state index in [1.165, 1.54) is 0 Å². The molecule has 0 aliphatic rings. The van der Waals surface area contributed by atoms with E-state index in [4.69, 9.17) is 0 Å². The van der Waals surface area contributed by atoms with Crippen molar-refractivity contribution in [2.45, 2.75) is 96.9 Å². The van der Waals surface area contributed by atoms with Crippen molar-refractivity contribution in [3.8, 4) is 0 Å². The number of hydrogen-bond donors (Lipinski definition) is 0. The Bertz CT molecular complexity index is 905. The predicted octanol–water partition coefficient (Wildman–Crippen LogP) is 1.90. The van der Waals surface area contributed by atoms with Gasteiger partial charge in [-0.3, -0.25) is 9.97 Å². The van der Waals surface area contributed by atoms with Gasteiger partial charge in [-0.15, -0.1) is 0 Å². The molecule has 0 radical (unpaired) electrons. The number of carboxylic acids is 4. The van der Waals surface area contributed by atoms with Gasteiger partial charge in [-0.2, -0.15) is 0 Å². The van der Waals surface area contributed by atoms with Crippen LogP contribution in [0.15, 0.2) is 48.8 Å². The largest absolute Gasteiger partial charge is 2.00 e. The minimum atomic E-state index is -1.01. The van der Waals surface area contributed by atoms with Crippen LogP contribution in [0.5, 0.6) is 0 Å². The summed E-state index contributed by atoms with van der Waals surface area (Å²) in [6.45, 7) is 23.1. The van der Waals surface area contributed by atoms with Gasteiger partial charge >= 0.3 is 34.1 Å². The van der Waals surface area contributed by atoms with Crippen molar-refractivity contribution >= 4 is 23.9 Å². The van der Waals surface area contributed by atoms with Crippen LogP contribution in [-0.4, -0.2) is 33.8 Å². The minimum Gasteiger partial charge on any atom is -0.550 e. The van der Waals surface area contributed by atoms with Crippen LogP contribution in [-0.2, 0) is 53.3 Å². The van der Waals surface area contributed by atoms with Crippen LogP contribution in [0.4, 0.5) is 0 Å². The molecule has 0 bridgehead atoms. The smallest absolute Gasteiger partial charge is 0.550 e. The van der Waals surface area contributed by atoms with Crippen molar-refractivity contribution in [2.24, 2.45) is 21.7 Å². The number of carboxylic acid groups (broad SMARTS) is 4. The molecule has 2 heterocycles. The number of aliphatic carboxylic acids is 4. The maximum absolute atomic E-state index is 9.91. The summed E-state index contributed by atoms with van der Waals surface area (Å²) in [7, 11) is 0. The van der Waals surface area contributed by atoms with Crippen molar-refractivity contribution in [3.05, 3.63) is 60.2 Å². The summed E-state index contributed by atoms with van der Waals surface area (Å²) < 4.78 is 0. The van der Waals surface area contributed by atoms with E-state index in [0.717, 1.165) is 11.4 Å². The van der Waals surface area contributed by atoms with Crippen LogP contribution >= 0.6 is 0 Å². The van der Waals surface area contributed by atoms with Crippen molar-refractivity contribution in [2.75, 3.05) is 0 Å². The first-order valence-corrected chi connectivity index (χ1v) is 13.2. The molecule has 44 heavy (non-hydrogen) atoms. The van der Waals surface area contributed by atoms with Gasteiger partial charge in [0.2, 0.25) is 0 Å². The Labute approximate surface area is 285 Å². The molecule has 0 aliphatic heterocycles. The normalized spacial score (nSPS) is 9.95. The molecule has 252 valence electrons. The monoisotopic (exact) mass is 702 g/mol. The van der Waals surface area contributed by atoms with Gasteiger partial charge in [0.1, 0.15) is 0 Å². The fourth-order valence-corrected chi connectivity index (χ4v) is 0.896. The average Bonchev–Trinajstić information content (AvgIpc) is 2.79. The minimum absolute atomic E-state index is 0. The Hall–Kier alpha value is -2.78. The summed E-state index contributed by atoms with van der Waals surface area (Å²) in [6, 6.07) is 11.7. The van der Waals surface area contributed by atoms with Gasteiger partial charge in [-0.05, 0) is 38.1 Å². The van der Waals surface area contributed by atoms with E-state index in [1.807, 2.05) is 50.2 Å². The molecular weight excluding hydrogens is 652 g/mol. The van der Waals surface area contributed by atoms with Gasteiger partial charge < -0.3 is 39.6 Å². The Kier molecular flexibility index (Phi) is 31.2. The molecule has 0 aromatic carbocycles. The van der Waals surface area contributed by atoms with E-state index in [0.29, 0.717) is 0 Å². The van der Waals surface area contributed by atoms with Crippen LogP contribution in [0, 0.1) is 35.5 Å².